The molecule has 0 aliphatic carbocycles. The Morgan fingerprint density at radius 1 is 1.57 bits per heavy atom. The van der Waals surface area contributed by atoms with E-state index in [-0.39, 0.29) is 17.8 Å². The van der Waals surface area contributed by atoms with Gasteiger partial charge in [0.05, 0.1) is 18.0 Å². The van der Waals surface area contributed by atoms with Gasteiger partial charge in [0.2, 0.25) is 5.82 Å². The van der Waals surface area contributed by atoms with Crippen LogP contribution in [0.2, 0.25) is 0 Å². The van der Waals surface area contributed by atoms with E-state index in [4.69, 9.17) is 5.26 Å². The van der Waals surface area contributed by atoms with Crippen LogP contribution < -0.4 is 0 Å². The molecule has 0 spiro atoms. The van der Waals surface area contributed by atoms with Crippen molar-refractivity contribution in [3.63, 3.8) is 0 Å². The van der Waals surface area contributed by atoms with Crippen molar-refractivity contribution in [3.05, 3.63) is 5.82 Å². The number of aromatic nitrogens is 4. The number of rotatable bonds is 2. The van der Waals surface area contributed by atoms with E-state index < -0.39 is 6.10 Å². The third-order valence-corrected chi connectivity index (χ3v) is 1.61. The summed E-state index contributed by atoms with van der Waals surface area (Å²) in [6, 6.07) is 1.85. The molecule has 1 unspecified atom stereocenters. The summed E-state index contributed by atoms with van der Waals surface area (Å²) in [7, 11) is 0. The van der Waals surface area contributed by atoms with E-state index in [0.717, 1.165) is 0 Å². The van der Waals surface area contributed by atoms with E-state index in [1.165, 1.54) is 4.80 Å². The molecular weight excluding hydrogens is 182 g/mol. The lowest BCUT2D eigenvalue weighted by Crippen LogP contribution is -2.24. The van der Waals surface area contributed by atoms with Crippen LogP contribution in [0.5, 0.6) is 0 Å². The summed E-state index contributed by atoms with van der Waals surface area (Å²) in [4.78, 5) is 1.42. The molecule has 0 bridgehead atoms. The van der Waals surface area contributed by atoms with Crippen molar-refractivity contribution in [2.24, 2.45) is 0 Å². The van der Waals surface area contributed by atoms with E-state index in [2.05, 4.69) is 15.4 Å². The van der Waals surface area contributed by atoms with Gasteiger partial charge in [0.1, 0.15) is 6.10 Å². The molecule has 1 rings (SSSR count). The maximum absolute atomic E-state index is 9.40. The standard InChI is InChI=1S/C8H13N5O/c1-8(2,3)13-11-7(10-12-13)6(14)4-5-9/h6,14H,4H2,1-3H3. The number of aliphatic hydroxyl groups excluding tert-OH is 1. The van der Waals surface area contributed by atoms with E-state index in [1.807, 2.05) is 26.8 Å². The fourth-order valence-electron chi connectivity index (χ4n) is 0.820. The second-order valence-electron chi connectivity index (χ2n) is 3.99. The van der Waals surface area contributed by atoms with Crippen LogP contribution >= 0.6 is 0 Å². The molecule has 14 heavy (non-hydrogen) atoms. The van der Waals surface area contributed by atoms with Gasteiger partial charge >= 0.3 is 0 Å². The second kappa shape index (κ2) is 3.72. The normalized spacial score (nSPS) is 13.6. The van der Waals surface area contributed by atoms with Gasteiger partial charge in [-0.15, -0.1) is 10.2 Å². The minimum atomic E-state index is -0.948. The summed E-state index contributed by atoms with van der Waals surface area (Å²) >= 11 is 0. The summed E-state index contributed by atoms with van der Waals surface area (Å²) in [6.45, 7) is 5.78. The van der Waals surface area contributed by atoms with E-state index in [0.29, 0.717) is 0 Å². The van der Waals surface area contributed by atoms with Gasteiger partial charge in [0.25, 0.3) is 0 Å². The summed E-state index contributed by atoms with van der Waals surface area (Å²) < 4.78 is 0. The molecule has 0 aliphatic heterocycles. The zero-order valence-corrected chi connectivity index (χ0v) is 8.47. The molecule has 1 N–H and O–H groups in total. The fraction of sp³-hybridized carbons (Fsp3) is 0.750. The van der Waals surface area contributed by atoms with Gasteiger partial charge in [0, 0.05) is 0 Å². The maximum Gasteiger partial charge on any atom is 0.204 e. The van der Waals surface area contributed by atoms with Gasteiger partial charge < -0.3 is 5.11 Å². The predicted molar refractivity (Wildman–Crippen MR) is 48.0 cm³/mol. The molecule has 0 aliphatic rings. The lowest BCUT2D eigenvalue weighted by molar-refractivity contribution is 0.171. The number of aliphatic hydroxyl groups is 1. The van der Waals surface area contributed by atoms with Crippen LogP contribution in [0.1, 0.15) is 39.1 Å². The SMILES string of the molecule is CC(C)(C)n1nnc(C(O)CC#N)n1. The van der Waals surface area contributed by atoms with Crippen LogP contribution in [0, 0.1) is 11.3 Å². The van der Waals surface area contributed by atoms with Gasteiger partial charge in [-0.25, -0.2) is 0 Å². The molecule has 0 amide bonds. The van der Waals surface area contributed by atoms with Gasteiger partial charge in [-0.3, -0.25) is 0 Å². The van der Waals surface area contributed by atoms with Crippen molar-refractivity contribution in [1.82, 2.24) is 20.2 Å². The Hall–Kier alpha value is -1.48. The van der Waals surface area contributed by atoms with Crippen molar-refractivity contribution in [1.29, 1.82) is 5.26 Å². The number of nitriles is 1. The summed E-state index contributed by atoms with van der Waals surface area (Å²) in [5.74, 6) is 0.196. The monoisotopic (exact) mass is 195 g/mol. The topological polar surface area (TPSA) is 87.6 Å². The first-order chi connectivity index (χ1) is 6.45. The molecule has 6 nitrogen and oxygen atoms in total. The van der Waals surface area contributed by atoms with E-state index in [1.54, 1.807) is 0 Å². The van der Waals surface area contributed by atoms with Crippen LogP contribution in [0.25, 0.3) is 0 Å². The third-order valence-electron chi connectivity index (χ3n) is 1.61. The predicted octanol–water partition coefficient (Wildman–Crippen LogP) is 0.375. The summed E-state index contributed by atoms with van der Waals surface area (Å²) in [5.41, 5.74) is -0.266. The quantitative estimate of drug-likeness (QED) is 0.736. The first kappa shape index (κ1) is 10.6. The maximum atomic E-state index is 9.40. The second-order valence-corrected chi connectivity index (χ2v) is 3.99. The van der Waals surface area contributed by atoms with E-state index >= 15 is 0 Å². The van der Waals surface area contributed by atoms with Gasteiger partial charge in [-0.05, 0) is 26.0 Å². The summed E-state index contributed by atoms with van der Waals surface area (Å²) in [5, 5.41) is 29.2. The first-order valence-corrected chi connectivity index (χ1v) is 4.30. The van der Waals surface area contributed by atoms with Crippen LogP contribution in [0.15, 0.2) is 0 Å². The molecule has 1 heterocycles. The van der Waals surface area contributed by atoms with Crippen molar-refractivity contribution >= 4 is 0 Å². The molecule has 0 radical (unpaired) electrons. The average molecular weight is 195 g/mol. The number of nitrogens with zero attached hydrogens (tertiary/aromatic N) is 5. The molecule has 1 aromatic rings. The lowest BCUT2D eigenvalue weighted by Gasteiger charge is -2.15. The average Bonchev–Trinajstić information content (AvgIpc) is 2.51. The molecule has 0 saturated carbocycles. The van der Waals surface area contributed by atoms with Crippen LogP contribution in [-0.2, 0) is 5.54 Å². The van der Waals surface area contributed by atoms with Crippen LogP contribution in [-0.4, -0.2) is 25.3 Å². The number of hydrogen-bond acceptors (Lipinski definition) is 5. The Morgan fingerprint density at radius 2 is 2.21 bits per heavy atom. The van der Waals surface area contributed by atoms with Gasteiger partial charge in [-0.2, -0.15) is 10.1 Å². The lowest BCUT2D eigenvalue weighted by atomic mass is 10.1. The van der Waals surface area contributed by atoms with Crippen molar-refractivity contribution in [2.75, 3.05) is 0 Å². The van der Waals surface area contributed by atoms with Crippen LogP contribution in [0.4, 0.5) is 0 Å². The Morgan fingerprint density at radius 3 is 2.64 bits per heavy atom. The molecule has 6 heteroatoms. The minimum Gasteiger partial charge on any atom is -0.384 e. The van der Waals surface area contributed by atoms with Crippen molar-refractivity contribution in [2.45, 2.75) is 38.8 Å². The number of hydrogen-bond donors (Lipinski definition) is 1. The molecule has 76 valence electrons. The molecular formula is C8H13N5O. The number of tetrazole rings is 1. The van der Waals surface area contributed by atoms with Crippen molar-refractivity contribution < 1.29 is 5.11 Å². The smallest absolute Gasteiger partial charge is 0.204 e. The fourth-order valence-corrected chi connectivity index (χ4v) is 0.820. The first-order valence-electron chi connectivity index (χ1n) is 4.30. The molecule has 0 aromatic carbocycles. The highest BCUT2D eigenvalue weighted by Gasteiger charge is 2.20. The largest absolute Gasteiger partial charge is 0.384 e. The molecule has 1 aromatic heterocycles. The van der Waals surface area contributed by atoms with E-state index in [9.17, 15) is 5.11 Å². The van der Waals surface area contributed by atoms with Crippen LogP contribution in [0.3, 0.4) is 0 Å². The Bertz CT molecular complexity index is 345. The molecule has 0 fully saturated rings. The Balaban J connectivity index is 2.84. The van der Waals surface area contributed by atoms with Gasteiger partial charge in [-0.1, -0.05) is 0 Å². The highest BCUT2D eigenvalue weighted by atomic mass is 16.3. The third kappa shape index (κ3) is 2.26. The highest BCUT2D eigenvalue weighted by Crippen LogP contribution is 2.13. The Labute approximate surface area is 82.2 Å². The Kier molecular flexibility index (Phi) is 2.81. The highest BCUT2D eigenvalue weighted by molar-refractivity contribution is 4.90. The minimum absolute atomic E-state index is 0.0180. The molecule has 0 saturated heterocycles. The zero-order chi connectivity index (χ0) is 10.8. The molecule has 1 atom stereocenters. The van der Waals surface area contributed by atoms with Gasteiger partial charge in [0.15, 0.2) is 0 Å². The summed E-state index contributed by atoms with van der Waals surface area (Å²) in [6.07, 6.45) is -0.966. The van der Waals surface area contributed by atoms with Crippen molar-refractivity contribution in [3.8, 4) is 6.07 Å². The zero-order valence-electron chi connectivity index (χ0n) is 8.47.